The zero-order valence-electron chi connectivity index (χ0n) is 9.84. The van der Waals surface area contributed by atoms with Crippen molar-refractivity contribution < 1.29 is 17.9 Å². The minimum absolute atomic E-state index is 0.136. The van der Waals surface area contributed by atoms with Gasteiger partial charge in [0, 0.05) is 18.0 Å². The molecule has 0 aliphatic rings. The van der Waals surface area contributed by atoms with E-state index in [1.807, 2.05) is 13.0 Å². The lowest BCUT2D eigenvalue weighted by Crippen LogP contribution is -2.16. The van der Waals surface area contributed by atoms with Crippen LogP contribution in [0.5, 0.6) is 5.75 Å². The summed E-state index contributed by atoms with van der Waals surface area (Å²) in [7, 11) is 1.48. The van der Waals surface area contributed by atoms with Crippen molar-refractivity contribution in [1.29, 1.82) is 0 Å². The van der Waals surface area contributed by atoms with Crippen molar-refractivity contribution in [2.24, 2.45) is 5.73 Å². The van der Waals surface area contributed by atoms with Gasteiger partial charge in [-0.05, 0) is 19.4 Å². The van der Waals surface area contributed by atoms with Gasteiger partial charge in [0.1, 0.15) is 5.75 Å². The molecule has 0 spiro atoms. The van der Waals surface area contributed by atoms with E-state index >= 15 is 0 Å². The molecular formula is C12H16F3NO. The summed E-state index contributed by atoms with van der Waals surface area (Å²) < 4.78 is 41.4. The average molecular weight is 247 g/mol. The number of hydrogen-bond acceptors (Lipinski definition) is 2. The maximum atomic E-state index is 12.1. The van der Waals surface area contributed by atoms with Crippen LogP contribution >= 0.6 is 0 Å². The van der Waals surface area contributed by atoms with Crippen LogP contribution in [0, 0.1) is 6.92 Å². The SMILES string of the molecule is COc1ccc(C)cc1C(N)CCC(F)(F)F. The van der Waals surface area contributed by atoms with Crippen LogP contribution in [0.15, 0.2) is 18.2 Å². The average Bonchev–Trinajstić information content (AvgIpc) is 2.25. The van der Waals surface area contributed by atoms with Crippen LogP contribution in [0.2, 0.25) is 0 Å². The van der Waals surface area contributed by atoms with Crippen LogP contribution in [-0.4, -0.2) is 13.3 Å². The lowest BCUT2D eigenvalue weighted by molar-refractivity contribution is -0.136. The molecule has 0 bridgehead atoms. The second-order valence-corrected chi connectivity index (χ2v) is 4.01. The largest absolute Gasteiger partial charge is 0.496 e. The topological polar surface area (TPSA) is 35.2 Å². The van der Waals surface area contributed by atoms with E-state index in [-0.39, 0.29) is 6.42 Å². The molecule has 0 saturated carbocycles. The quantitative estimate of drug-likeness (QED) is 0.885. The van der Waals surface area contributed by atoms with E-state index in [0.717, 1.165) is 5.56 Å². The Kier molecular flexibility index (Phi) is 4.40. The summed E-state index contributed by atoms with van der Waals surface area (Å²) in [4.78, 5) is 0. The van der Waals surface area contributed by atoms with Crippen molar-refractivity contribution >= 4 is 0 Å². The third kappa shape index (κ3) is 4.26. The summed E-state index contributed by atoms with van der Waals surface area (Å²) in [5.41, 5.74) is 7.34. The Bertz CT molecular complexity index is 377. The van der Waals surface area contributed by atoms with Crippen molar-refractivity contribution in [3.63, 3.8) is 0 Å². The van der Waals surface area contributed by atoms with Gasteiger partial charge in [0.25, 0.3) is 0 Å². The highest BCUT2D eigenvalue weighted by molar-refractivity contribution is 5.38. The molecule has 1 aromatic rings. The molecule has 5 heteroatoms. The highest BCUT2D eigenvalue weighted by Gasteiger charge is 2.28. The molecule has 2 nitrogen and oxygen atoms in total. The molecule has 96 valence electrons. The number of benzene rings is 1. The zero-order valence-corrected chi connectivity index (χ0v) is 9.84. The van der Waals surface area contributed by atoms with Gasteiger partial charge < -0.3 is 10.5 Å². The predicted octanol–water partition coefficient (Wildman–Crippen LogP) is 3.35. The first-order chi connectivity index (χ1) is 7.83. The molecule has 0 aliphatic carbocycles. The van der Waals surface area contributed by atoms with E-state index in [1.165, 1.54) is 7.11 Å². The van der Waals surface area contributed by atoms with E-state index in [9.17, 15) is 13.2 Å². The van der Waals surface area contributed by atoms with Crippen molar-refractivity contribution in [2.75, 3.05) is 7.11 Å². The van der Waals surface area contributed by atoms with Gasteiger partial charge in [-0.15, -0.1) is 0 Å². The monoisotopic (exact) mass is 247 g/mol. The second-order valence-electron chi connectivity index (χ2n) is 4.01. The summed E-state index contributed by atoms with van der Waals surface area (Å²) in [6.45, 7) is 1.86. The fourth-order valence-electron chi connectivity index (χ4n) is 1.62. The molecule has 2 N–H and O–H groups in total. The van der Waals surface area contributed by atoms with Crippen molar-refractivity contribution in [3.05, 3.63) is 29.3 Å². The zero-order chi connectivity index (χ0) is 13.1. The minimum Gasteiger partial charge on any atom is -0.496 e. The highest BCUT2D eigenvalue weighted by atomic mass is 19.4. The Morgan fingerprint density at radius 1 is 1.35 bits per heavy atom. The number of aryl methyl sites for hydroxylation is 1. The molecule has 1 aromatic carbocycles. The Balaban J connectivity index is 2.80. The van der Waals surface area contributed by atoms with Crippen LogP contribution in [0.3, 0.4) is 0 Å². The van der Waals surface area contributed by atoms with Crippen molar-refractivity contribution in [2.45, 2.75) is 32.0 Å². The number of hydrogen-bond donors (Lipinski definition) is 1. The maximum absolute atomic E-state index is 12.1. The molecule has 0 fully saturated rings. The first-order valence-electron chi connectivity index (χ1n) is 5.30. The summed E-state index contributed by atoms with van der Waals surface area (Å²) >= 11 is 0. The van der Waals surface area contributed by atoms with Crippen molar-refractivity contribution in [3.8, 4) is 5.75 Å². The predicted molar refractivity (Wildman–Crippen MR) is 59.9 cm³/mol. The minimum atomic E-state index is -4.17. The van der Waals surface area contributed by atoms with Crippen LogP contribution < -0.4 is 10.5 Å². The molecule has 0 aliphatic heterocycles. The Morgan fingerprint density at radius 3 is 2.53 bits per heavy atom. The Labute approximate surface area is 98.6 Å². The fourth-order valence-corrected chi connectivity index (χ4v) is 1.62. The standard InChI is InChI=1S/C12H16F3NO/c1-8-3-4-11(17-2)9(7-8)10(16)5-6-12(13,14)15/h3-4,7,10H,5-6,16H2,1-2H3. The van der Waals surface area contributed by atoms with E-state index in [4.69, 9.17) is 10.5 Å². The van der Waals surface area contributed by atoms with Gasteiger partial charge in [-0.1, -0.05) is 17.7 Å². The smallest absolute Gasteiger partial charge is 0.389 e. The first-order valence-corrected chi connectivity index (χ1v) is 5.30. The summed E-state index contributed by atoms with van der Waals surface area (Å²) in [5.74, 6) is 0.533. The van der Waals surface area contributed by atoms with Crippen molar-refractivity contribution in [1.82, 2.24) is 0 Å². The molecule has 1 atom stereocenters. The molecule has 1 rings (SSSR count). The Morgan fingerprint density at radius 2 is 2.00 bits per heavy atom. The van der Waals surface area contributed by atoms with Crippen LogP contribution in [0.25, 0.3) is 0 Å². The second kappa shape index (κ2) is 5.40. The first kappa shape index (κ1) is 13.8. The van der Waals surface area contributed by atoms with Gasteiger partial charge in [0.05, 0.1) is 7.11 Å². The molecule has 1 unspecified atom stereocenters. The molecule has 0 amide bonds. The van der Waals surface area contributed by atoms with Gasteiger partial charge in [0.15, 0.2) is 0 Å². The third-order valence-electron chi connectivity index (χ3n) is 2.52. The van der Waals surface area contributed by atoms with Gasteiger partial charge >= 0.3 is 6.18 Å². The highest BCUT2D eigenvalue weighted by Crippen LogP contribution is 2.31. The number of halogens is 3. The van der Waals surface area contributed by atoms with Gasteiger partial charge in [-0.3, -0.25) is 0 Å². The van der Waals surface area contributed by atoms with E-state index in [0.29, 0.717) is 11.3 Å². The number of methoxy groups -OCH3 is 1. The van der Waals surface area contributed by atoms with Gasteiger partial charge in [-0.25, -0.2) is 0 Å². The molecule has 0 heterocycles. The van der Waals surface area contributed by atoms with Crippen LogP contribution in [0.1, 0.15) is 30.0 Å². The maximum Gasteiger partial charge on any atom is 0.389 e. The molecule has 17 heavy (non-hydrogen) atoms. The molecule has 0 aromatic heterocycles. The third-order valence-corrected chi connectivity index (χ3v) is 2.52. The van der Waals surface area contributed by atoms with Gasteiger partial charge in [-0.2, -0.15) is 13.2 Å². The molecular weight excluding hydrogens is 231 g/mol. The number of nitrogens with two attached hydrogens (primary N) is 1. The van der Waals surface area contributed by atoms with Gasteiger partial charge in [0.2, 0.25) is 0 Å². The summed E-state index contributed by atoms with van der Waals surface area (Å²) in [5, 5.41) is 0. The number of rotatable bonds is 4. The lowest BCUT2D eigenvalue weighted by atomic mass is 10.00. The Hall–Kier alpha value is -1.23. The molecule has 0 saturated heterocycles. The van der Waals surface area contributed by atoms with E-state index in [2.05, 4.69) is 0 Å². The van der Waals surface area contributed by atoms with E-state index < -0.39 is 18.6 Å². The van der Waals surface area contributed by atoms with Crippen LogP contribution in [-0.2, 0) is 0 Å². The molecule has 0 radical (unpaired) electrons. The lowest BCUT2D eigenvalue weighted by Gasteiger charge is -2.17. The van der Waals surface area contributed by atoms with Crippen LogP contribution in [0.4, 0.5) is 13.2 Å². The van der Waals surface area contributed by atoms with E-state index in [1.54, 1.807) is 12.1 Å². The number of ether oxygens (including phenoxy) is 1. The summed E-state index contributed by atoms with van der Waals surface area (Å²) in [6.07, 6.45) is -5.19. The fraction of sp³-hybridized carbons (Fsp3) is 0.500. The summed E-state index contributed by atoms with van der Waals surface area (Å²) in [6, 6.07) is 4.66. The number of alkyl halides is 3. The normalized spacial score (nSPS) is 13.5.